The van der Waals surface area contributed by atoms with Crippen molar-refractivity contribution in [2.75, 3.05) is 37.7 Å². The normalized spacial score (nSPS) is 15.0. The summed E-state index contributed by atoms with van der Waals surface area (Å²) in [6.45, 7) is 5.69. The summed E-state index contributed by atoms with van der Waals surface area (Å²) in [5, 5.41) is 3.01. The van der Waals surface area contributed by atoms with Crippen LogP contribution in [0.2, 0.25) is 0 Å². The number of carbonyl (C=O) groups excluding carboxylic acids is 1. The molecule has 6 heteroatoms. The maximum atomic E-state index is 12.5. The molecule has 1 aromatic heterocycles. The van der Waals surface area contributed by atoms with Gasteiger partial charge in [-0.15, -0.1) is 11.3 Å². The Morgan fingerprint density at radius 2 is 1.95 bits per heavy atom. The summed E-state index contributed by atoms with van der Waals surface area (Å²) in [4.78, 5) is 21.0. The lowest BCUT2D eigenvalue weighted by molar-refractivity contribution is 0.0746. The molecule has 5 nitrogen and oxygen atoms in total. The molecule has 1 aromatic carbocycles. The van der Waals surface area contributed by atoms with Crippen LogP contribution in [0.1, 0.15) is 17.3 Å². The number of ether oxygens (including phenoxy) is 1. The summed E-state index contributed by atoms with van der Waals surface area (Å²) in [6, 6.07) is 7.37. The molecular formula is C16H19N3O2S. The summed E-state index contributed by atoms with van der Waals surface area (Å²) < 4.78 is 5.40. The molecule has 2 heterocycles. The number of aromatic nitrogens is 1. The van der Waals surface area contributed by atoms with Gasteiger partial charge < -0.3 is 14.5 Å². The van der Waals surface area contributed by atoms with Crippen LogP contribution in [0.25, 0.3) is 0 Å². The van der Waals surface area contributed by atoms with Crippen LogP contribution in [0, 0.1) is 0 Å². The molecular weight excluding hydrogens is 298 g/mol. The average Bonchev–Trinajstić information content (AvgIpc) is 3.10. The zero-order valence-electron chi connectivity index (χ0n) is 12.6. The Morgan fingerprint density at radius 3 is 2.55 bits per heavy atom. The molecule has 1 aliphatic heterocycles. The van der Waals surface area contributed by atoms with Gasteiger partial charge in [-0.25, -0.2) is 4.98 Å². The van der Waals surface area contributed by atoms with Crippen LogP contribution in [0.5, 0.6) is 5.75 Å². The highest BCUT2D eigenvalue weighted by molar-refractivity contribution is 7.13. The van der Waals surface area contributed by atoms with Gasteiger partial charge in [0.05, 0.1) is 6.61 Å². The maximum absolute atomic E-state index is 12.5. The first-order valence-corrected chi connectivity index (χ1v) is 8.32. The second-order valence-electron chi connectivity index (χ2n) is 5.05. The lowest BCUT2D eigenvalue weighted by Gasteiger charge is -2.34. The van der Waals surface area contributed by atoms with Gasteiger partial charge in [-0.2, -0.15) is 0 Å². The number of hydrogen-bond donors (Lipinski definition) is 0. The summed E-state index contributed by atoms with van der Waals surface area (Å²) in [5.74, 6) is 0.884. The van der Waals surface area contributed by atoms with Gasteiger partial charge in [-0.1, -0.05) is 0 Å². The third-order valence-corrected chi connectivity index (χ3v) is 4.50. The number of anilines is 1. The lowest BCUT2D eigenvalue weighted by atomic mass is 10.1. The number of benzene rings is 1. The van der Waals surface area contributed by atoms with Crippen molar-refractivity contribution < 1.29 is 9.53 Å². The SMILES string of the molecule is CCOc1ccc(C(=O)N2CCN(c3nccs3)CC2)cc1. The van der Waals surface area contributed by atoms with E-state index >= 15 is 0 Å². The molecule has 1 aliphatic rings. The minimum Gasteiger partial charge on any atom is -0.494 e. The van der Waals surface area contributed by atoms with Gasteiger partial charge in [0.15, 0.2) is 5.13 Å². The predicted octanol–water partition coefficient (Wildman–Crippen LogP) is 2.50. The number of carbonyl (C=O) groups is 1. The van der Waals surface area contributed by atoms with Gasteiger partial charge in [0.2, 0.25) is 0 Å². The van der Waals surface area contributed by atoms with Crippen LogP contribution in [0.3, 0.4) is 0 Å². The first kappa shape index (κ1) is 14.8. The molecule has 0 spiro atoms. The number of piperazine rings is 1. The van der Waals surface area contributed by atoms with Gasteiger partial charge in [0, 0.05) is 43.3 Å². The number of nitrogens with zero attached hydrogens (tertiary/aromatic N) is 3. The van der Waals surface area contributed by atoms with Crippen molar-refractivity contribution in [3.63, 3.8) is 0 Å². The van der Waals surface area contributed by atoms with E-state index in [9.17, 15) is 4.79 Å². The molecule has 3 rings (SSSR count). The molecule has 1 saturated heterocycles. The first-order valence-electron chi connectivity index (χ1n) is 7.44. The molecule has 2 aromatic rings. The predicted molar refractivity (Wildman–Crippen MR) is 87.8 cm³/mol. The fraction of sp³-hybridized carbons (Fsp3) is 0.375. The van der Waals surface area contributed by atoms with Crippen molar-refractivity contribution in [3.8, 4) is 5.75 Å². The van der Waals surface area contributed by atoms with Crippen molar-refractivity contribution in [1.82, 2.24) is 9.88 Å². The van der Waals surface area contributed by atoms with Gasteiger partial charge in [-0.05, 0) is 31.2 Å². The van der Waals surface area contributed by atoms with Crippen molar-refractivity contribution in [2.24, 2.45) is 0 Å². The van der Waals surface area contributed by atoms with Crippen LogP contribution < -0.4 is 9.64 Å². The Hall–Kier alpha value is -2.08. The highest BCUT2D eigenvalue weighted by Gasteiger charge is 2.23. The Kier molecular flexibility index (Phi) is 4.58. The Balaban J connectivity index is 1.59. The molecule has 22 heavy (non-hydrogen) atoms. The van der Waals surface area contributed by atoms with E-state index < -0.39 is 0 Å². The van der Waals surface area contributed by atoms with Crippen molar-refractivity contribution >= 4 is 22.4 Å². The molecule has 1 amide bonds. The molecule has 0 atom stereocenters. The van der Waals surface area contributed by atoms with E-state index in [1.54, 1.807) is 11.3 Å². The van der Waals surface area contributed by atoms with E-state index in [2.05, 4.69) is 9.88 Å². The number of hydrogen-bond acceptors (Lipinski definition) is 5. The minimum atomic E-state index is 0.0850. The minimum absolute atomic E-state index is 0.0850. The van der Waals surface area contributed by atoms with Gasteiger partial charge >= 0.3 is 0 Å². The van der Waals surface area contributed by atoms with E-state index in [0.29, 0.717) is 12.2 Å². The van der Waals surface area contributed by atoms with E-state index in [1.165, 1.54) is 0 Å². The van der Waals surface area contributed by atoms with Gasteiger partial charge in [-0.3, -0.25) is 4.79 Å². The van der Waals surface area contributed by atoms with E-state index in [-0.39, 0.29) is 5.91 Å². The molecule has 116 valence electrons. The van der Waals surface area contributed by atoms with Crippen molar-refractivity contribution in [1.29, 1.82) is 0 Å². The van der Waals surface area contributed by atoms with Gasteiger partial charge in [0.1, 0.15) is 5.75 Å². The summed E-state index contributed by atoms with van der Waals surface area (Å²) in [5.41, 5.74) is 0.714. The van der Waals surface area contributed by atoms with Crippen molar-refractivity contribution in [3.05, 3.63) is 41.4 Å². The summed E-state index contributed by atoms with van der Waals surface area (Å²) in [6.07, 6.45) is 1.82. The molecule has 0 N–H and O–H groups in total. The third kappa shape index (κ3) is 3.22. The Labute approximate surface area is 134 Å². The molecule has 1 fully saturated rings. The van der Waals surface area contributed by atoms with Crippen LogP contribution in [-0.2, 0) is 0 Å². The molecule has 0 saturated carbocycles. The van der Waals surface area contributed by atoms with E-state index in [4.69, 9.17) is 4.74 Å². The highest BCUT2D eigenvalue weighted by atomic mass is 32.1. The number of rotatable bonds is 4. The maximum Gasteiger partial charge on any atom is 0.253 e. The molecule has 0 aliphatic carbocycles. The zero-order chi connectivity index (χ0) is 15.4. The fourth-order valence-corrected chi connectivity index (χ4v) is 3.21. The fourth-order valence-electron chi connectivity index (χ4n) is 2.52. The number of amides is 1. The zero-order valence-corrected chi connectivity index (χ0v) is 13.4. The third-order valence-electron chi connectivity index (χ3n) is 3.67. The monoisotopic (exact) mass is 317 g/mol. The topological polar surface area (TPSA) is 45.7 Å². The van der Waals surface area contributed by atoms with Crippen LogP contribution in [0.4, 0.5) is 5.13 Å². The van der Waals surface area contributed by atoms with Crippen LogP contribution >= 0.6 is 11.3 Å². The van der Waals surface area contributed by atoms with Crippen molar-refractivity contribution in [2.45, 2.75) is 6.92 Å². The van der Waals surface area contributed by atoms with E-state index in [1.807, 2.05) is 47.7 Å². The Morgan fingerprint density at radius 1 is 1.23 bits per heavy atom. The van der Waals surface area contributed by atoms with Crippen LogP contribution in [-0.4, -0.2) is 48.6 Å². The first-order chi connectivity index (χ1) is 10.8. The standard InChI is InChI=1S/C16H19N3O2S/c1-2-21-14-5-3-13(4-6-14)15(20)18-8-10-19(11-9-18)16-17-7-12-22-16/h3-7,12H,2,8-11H2,1H3. The highest BCUT2D eigenvalue weighted by Crippen LogP contribution is 2.20. The lowest BCUT2D eigenvalue weighted by Crippen LogP contribution is -2.48. The molecule has 0 bridgehead atoms. The molecule has 0 radical (unpaired) electrons. The quantitative estimate of drug-likeness (QED) is 0.869. The summed E-state index contributed by atoms with van der Waals surface area (Å²) >= 11 is 1.64. The second-order valence-corrected chi connectivity index (χ2v) is 5.92. The average molecular weight is 317 g/mol. The smallest absolute Gasteiger partial charge is 0.253 e. The summed E-state index contributed by atoms with van der Waals surface area (Å²) in [7, 11) is 0. The van der Waals surface area contributed by atoms with Crippen LogP contribution in [0.15, 0.2) is 35.8 Å². The largest absolute Gasteiger partial charge is 0.494 e. The second kappa shape index (κ2) is 6.79. The number of thiazole rings is 1. The molecule has 0 unspecified atom stereocenters. The van der Waals surface area contributed by atoms with Gasteiger partial charge in [0.25, 0.3) is 5.91 Å². The Bertz CT molecular complexity index is 605. The van der Waals surface area contributed by atoms with E-state index in [0.717, 1.165) is 37.1 Å².